The third kappa shape index (κ3) is 4.15. The van der Waals surface area contributed by atoms with Crippen LogP contribution in [0.1, 0.15) is 19.4 Å². The van der Waals surface area contributed by atoms with E-state index >= 15 is 0 Å². The number of benzene rings is 1. The SMILES string of the molecule is C/C(=N\NS(=O)(=O)c1ccc(C)cc1)C(C)(Cl)Cl. The lowest BCUT2D eigenvalue weighted by molar-refractivity contribution is 0.584. The maximum atomic E-state index is 11.9. The number of nitrogens with zero attached hydrogens (tertiary/aromatic N) is 1. The van der Waals surface area contributed by atoms with Crippen molar-refractivity contribution in [3.63, 3.8) is 0 Å². The molecule has 1 aromatic carbocycles. The first-order valence-corrected chi connectivity index (χ1v) is 7.38. The molecular weight excluding hydrogens is 295 g/mol. The van der Waals surface area contributed by atoms with Gasteiger partial charge in [-0.1, -0.05) is 40.9 Å². The second-order valence-corrected chi connectivity index (χ2v) is 7.36. The van der Waals surface area contributed by atoms with Gasteiger partial charge in [0.1, 0.15) is 0 Å². The van der Waals surface area contributed by atoms with Crippen molar-refractivity contribution in [1.82, 2.24) is 4.83 Å². The Morgan fingerprint density at radius 2 is 1.78 bits per heavy atom. The fourth-order valence-electron chi connectivity index (χ4n) is 0.997. The van der Waals surface area contributed by atoms with Crippen LogP contribution in [0.2, 0.25) is 0 Å². The van der Waals surface area contributed by atoms with Crippen molar-refractivity contribution in [1.29, 1.82) is 0 Å². The predicted octanol–water partition coefficient (Wildman–Crippen LogP) is 2.84. The second kappa shape index (κ2) is 5.47. The molecule has 100 valence electrons. The van der Waals surface area contributed by atoms with Gasteiger partial charge in [-0.2, -0.15) is 13.5 Å². The summed E-state index contributed by atoms with van der Waals surface area (Å²) in [5, 5.41) is 3.68. The number of alkyl halides is 2. The van der Waals surface area contributed by atoms with Crippen LogP contribution in [0.25, 0.3) is 0 Å². The molecule has 0 atom stereocenters. The Morgan fingerprint density at radius 1 is 1.28 bits per heavy atom. The summed E-state index contributed by atoms with van der Waals surface area (Å²) < 4.78 is 22.5. The molecule has 4 nitrogen and oxygen atoms in total. The van der Waals surface area contributed by atoms with Crippen LogP contribution in [0.4, 0.5) is 0 Å². The smallest absolute Gasteiger partial charge is 0.200 e. The normalized spacial score (nSPS) is 13.5. The lowest BCUT2D eigenvalue weighted by Gasteiger charge is -2.12. The van der Waals surface area contributed by atoms with E-state index in [1.165, 1.54) is 26.0 Å². The molecule has 0 aliphatic carbocycles. The van der Waals surface area contributed by atoms with Crippen LogP contribution in [0, 0.1) is 6.92 Å². The molecule has 0 spiro atoms. The van der Waals surface area contributed by atoms with Crippen molar-refractivity contribution in [2.45, 2.75) is 30.0 Å². The molecule has 0 radical (unpaired) electrons. The maximum absolute atomic E-state index is 11.9. The Morgan fingerprint density at radius 3 is 2.22 bits per heavy atom. The first kappa shape index (κ1) is 15.3. The van der Waals surface area contributed by atoms with Crippen molar-refractivity contribution in [2.75, 3.05) is 0 Å². The Labute approximate surface area is 117 Å². The summed E-state index contributed by atoms with van der Waals surface area (Å²) in [5.41, 5.74) is 1.24. The highest BCUT2D eigenvalue weighted by Gasteiger charge is 2.22. The zero-order valence-electron chi connectivity index (χ0n) is 10.2. The van der Waals surface area contributed by atoms with Gasteiger partial charge in [-0.15, -0.1) is 0 Å². The lowest BCUT2D eigenvalue weighted by atomic mass is 10.2. The standard InChI is InChI=1S/C11H14Cl2N2O2S/c1-8-4-6-10(7-5-8)18(16,17)15-14-9(2)11(3,12)13/h4-7,15H,1-3H3/b14-9+. The molecule has 0 saturated heterocycles. The van der Waals surface area contributed by atoms with E-state index in [2.05, 4.69) is 9.93 Å². The monoisotopic (exact) mass is 308 g/mol. The van der Waals surface area contributed by atoms with Crippen LogP contribution in [0.15, 0.2) is 34.3 Å². The summed E-state index contributed by atoms with van der Waals surface area (Å²) in [6, 6.07) is 6.42. The average Bonchev–Trinajstić information content (AvgIpc) is 2.25. The minimum absolute atomic E-state index is 0.135. The summed E-state index contributed by atoms with van der Waals surface area (Å²) in [5.74, 6) is 0. The average molecular weight is 309 g/mol. The molecule has 0 unspecified atom stereocenters. The lowest BCUT2D eigenvalue weighted by Crippen LogP contribution is -2.25. The fraction of sp³-hybridized carbons (Fsp3) is 0.364. The predicted molar refractivity (Wildman–Crippen MR) is 74.7 cm³/mol. The Hall–Kier alpha value is -0.780. The van der Waals surface area contributed by atoms with Gasteiger partial charge in [0.2, 0.25) is 0 Å². The number of aryl methyl sites for hydroxylation is 1. The molecular formula is C11H14Cl2N2O2S. The van der Waals surface area contributed by atoms with E-state index in [9.17, 15) is 8.42 Å². The molecule has 0 aliphatic heterocycles. The maximum Gasteiger partial charge on any atom is 0.276 e. The molecule has 0 fully saturated rings. The molecule has 0 heterocycles. The minimum atomic E-state index is -3.69. The molecule has 0 aliphatic rings. The second-order valence-electron chi connectivity index (χ2n) is 3.99. The first-order valence-electron chi connectivity index (χ1n) is 5.14. The van der Waals surface area contributed by atoms with Gasteiger partial charge >= 0.3 is 0 Å². The molecule has 0 saturated carbocycles. The summed E-state index contributed by atoms with van der Waals surface area (Å²) in [4.78, 5) is 2.23. The number of nitrogens with one attached hydrogen (secondary N) is 1. The third-order valence-electron chi connectivity index (χ3n) is 2.30. The van der Waals surface area contributed by atoms with E-state index in [0.29, 0.717) is 0 Å². The topological polar surface area (TPSA) is 58.5 Å². The van der Waals surface area contributed by atoms with Gasteiger partial charge in [0.05, 0.1) is 10.6 Å². The minimum Gasteiger partial charge on any atom is -0.200 e. The van der Waals surface area contributed by atoms with Crippen LogP contribution in [-0.2, 0) is 10.0 Å². The molecule has 0 bridgehead atoms. The Kier molecular flexibility index (Phi) is 4.64. The van der Waals surface area contributed by atoms with Crippen LogP contribution < -0.4 is 4.83 Å². The zero-order chi connectivity index (χ0) is 14.0. The van der Waals surface area contributed by atoms with Crippen molar-refractivity contribution in [2.24, 2.45) is 5.10 Å². The van der Waals surface area contributed by atoms with Gasteiger partial charge < -0.3 is 0 Å². The number of rotatable bonds is 4. The fourth-order valence-corrected chi connectivity index (χ4v) is 1.94. The van der Waals surface area contributed by atoms with Crippen LogP contribution in [0.5, 0.6) is 0 Å². The van der Waals surface area contributed by atoms with Gasteiger partial charge in [0.15, 0.2) is 4.33 Å². The number of hydrogen-bond donors (Lipinski definition) is 1. The molecule has 0 amide bonds. The van der Waals surface area contributed by atoms with Gasteiger partial charge in [0, 0.05) is 0 Å². The Balaban J connectivity index is 2.94. The first-order chi connectivity index (χ1) is 8.13. The van der Waals surface area contributed by atoms with E-state index in [1.54, 1.807) is 12.1 Å². The van der Waals surface area contributed by atoms with Crippen molar-refractivity contribution < 1.29 is 8.42 Å². The van der Waals surface area contributed by atoms with Gasteiger partial charge in [-0.25, -0.2) is 4.83 Å². The van der Waals surface area contributed by atoms with Crippen molar-refractivity contribution in [3.8, 4) is 0 Å². The van der Waals surface area contributed by atoms with E-state index in [4.69, 9.17) is 23.2 Å². The van der Waals surface area contributed by atoms with Crippen LogP contribution in [-0.4, -0.2) is 18.5 Å². The quantitative estimate of drug-likeness (QED) is 0.528. The van der Waals surface area contributed by atoms with Gasteiger partial charge in [-0.05, 0) is 32.9 Å². The third-order valence-corrected chi connectivity index (χ3v) is 4.07. The number of hydrazone groups is 1. The summed E-state index contributed by atoms with van der Waals surface area (Å²) >= 11 is 11.6. The summed E-state index contributed by atoms with van der Waals surface area (Å²) in [6.07, 6.45) is 0. The molecule has 1 aromatic rings. The number of hydrogen-bond acceptors (Lipinski definition) is 3. The van der Waals surface area contributed by atoms with Crippen LogP contribution >= 0.6 is 23.2 Å². The molecule has 7 heteroatoms. The largest absolute Gasteiger partial charge is 0.276 e. The summed E-state index contributed by atoms with van der Waals surface area (Å²) in [7, 11) is -3.69. The molecule has 0 aromatic heterocycles. The van der Waals surface area contributed by atoms with Gasteiger partial charge in [-0.3, -0.25) is 0 Å². The van der Waals surface area contributed by atoms with Crippen molar-refractivity contribution in [3.05, 3.63) is 29.8 Å². The van der Waals surface area contributed by atoms with E-state index in [-0.39, 0.29) is 10.6 Å². The van der Waals surface area contributed by atoms with E-state index in [1.807, 2.05) is 6.92 Å². The molecule has 1 rings (SSSR count). The highest BCUT2D eigenvalue weighted by molar-refractivity contribution is 7.89. The van der Waals surface area contributed by atoms with Crippen molar-refractivity contribution >= 4 is 38.9 Å². The molecule has 1 N–H and O–H groups in total. The molecule has 18 heavy (non-hydrogen) atoms. The van der Waals surface area contributed by atoms with Gasteiger partial charge in [0.25, 0.3) is 10.0 Å². The Bertz CT molecular complexity index is 545. The highest BCUT2D eigenvalue weighted by Crippen LogP contribution is 2.21. The van der Waals surface area contributed by atoms with Crippen LogP contribution in [0.3, 0.4) is 0 Å². The summed E-state index contributed by atoms with van der Waals surface area (Å²) in [6.45, 7) is 4.92. The number of sulfonamides is 1. The van der Waals surface area contributed by atoms with E-state index in [0.717, 1.165) is 5.56 Å². The number of halogens is 2. The zero-order valence-corrected chi connectivity index (χ0v) is 12.6. The highest BCUT2D eigenvalue weighted by atomic mass is 35.5. The van der Waals surface area contributed by atoms with E-state index < -0.39 is 14.4 Å².